The highest BCUT2D eigenvalue weighted by Gasteiger charge is 2.51. The molecule has 0 radical (unpaired) electrons. The quantitative estimate of drug-likeness (QED) is 0.896. The molecule has 124 valence electrons. The van der Waals surface area contributed by atoms with Crippen molar-refractivity contribution in [3.8, 4) is 18.2 Å². The van der Waals surface area contributed by atoms with Gasteiger partial charge in [0.2, 0.25) is 0 Å². The van der Waals surface area contributed by atoms with Crippen molar-refractivity contribution < 1.29 is 0 Å². The maximum atomic E-state index is 9.67. The van der Waals surface area contributed by atoms with Gasteiger partial charge in [0.25, 0.3) is 0 Å². The second kappa shape index (κ2) is 6.46. The van der Waals surface area contributed by atoms with Gasteiger partial charge in [0.1, 0.15) is 6.07 Å². The molecular formula is C21H20N4. The Balaban J connectivity index is 1.98. The van der Waals surface area contributed by atoms with E-state index in [9.17, 15) is 15.8 Å². The molecule has 3 atom stereocenters. The third-order valence-corrected chi connectivity index (χ3v) is 5.76. The monoisotopic (exact) mass is 328 g/mol. The molecule has 4 nitrogen and oxygen atoms in total. The Morgan fingerprint density at radius 3 is 2.44 bits per heavy atom. The summed E-state index contributed by atoms with van der Waals surface area (Å²) in [6.45, 7) is 1.91. The van der Waals surface area contributed by atoms with E-state index in [1.165, 1.54) is 5.56 Å². The van der Waals surface area contributed by atoms with Gasteiger partial charge in [0, 0.05) is 5.92 Å². The summed E-state index contributed by atoms with van der Waals surface area (Å²) in [4.78, 5) is 0. The number of nitriles is 3. The van der Waals surface area contributed by atoms with Crippen molar-refractivity contribution in [3.05, 3.63) is 58.8 Å². The van der Waals surface area contributed by atoms with Gasteiger partial charge in [-0.2, -0.15) is 15.8 Å². The molecule has 3 rings (SSSR count). The van der Waals surface area contributed by atoms with Gasteiger partial charge in [0.05, 0.1) is 23.4 Å². The highest BCUT2D eigenvalue weighted by Crippen LogP contribution is 2.52. The Labute approximate surface area is 148 Å². The zero-order valence-electron chi connectivity index (χ0n) is 14.2. The van der Waals surface area contributed by atoms with Crippen molar-refractivity contribution in [1.29, 1.82) is 15.8 Å². The van der Waals surface area contributed by atoms with Gasteiger partial charge in [0.15, 0.2) is 5.41 Å². The predicted molar refractivity (Wildman–Crippen MR) is 94.1 cm³/mol. The zero-order valence-corrected chi connectivity index (χ0v) is 14.2. The zero-order chi connectivity index (χ0) is 18.0. The van der Waals surface area contributed by atoms with Gasteiger partial charge in [-0.1, -0.05) is 43.3 Å². The van der Waals surface area contributed by atoms with Crippen LogP contribution in [0.25, 0.3) is 0 Å². The average Bonchev–Trinajstić information content (AvgIpc) is 2.65. The predicted octanol–water partition coefficient (Wildman–Crippen LogP) is 3.60. The van der Waals surface area contributed by atoms with E-state index in [0.29, 0.717) is 11.5 Å². The summed E-state index contributed by atoms with van der Waals surface area (Å²) in [5, 5.41) is 28.9. The lowest BCUT2D eigenvalue weighted by molar-refractivity contribution is 0.226. The van der Waals surface area contributed by atoms with Crippen LogP contribution < -0.4 is 5.73 Å². The van der Waals surface area contributed by atoms with Crippen LogP contribution in [0.2, 0.25) is 0 Å². The largest absolute Gasteiger partial charge is 0.399 e. The van der Waals surface area contributed by atoms with Gasteiger partial charge < -0.3 is 5.73 Å². The maximum absolute atomic E-state index is 9.67. The van der Waals surface area contributed by atoms with E-state index in [-0.39, 0.29) is 17.5 Å². The lowest BCUT2D eigenvalue weighted by atomic mass is 9.58. The van der Waals surface area contributed by atoms with Crippen molar-refractivity contribution in [2.75, 3.05) is 0 Å². The van der Waals surface area contributed by atoms with Crippen molar-refractivity contribution in [1.82, 2.24) is 0 Å². The summed E-state index contributed by atoms with van der Waals surface area (Å²) in [6.07, 6.45) is 4.81. The second-order valence-electron chi connectivity index (χ2n) is 7.01. The first kappa shape index (κ1) is 16.8. The molecule has 2 aliphatic carbocycles. The van der Waals surface area contributed by atoms with E-state index in [1.807, 2.05) is 25.1 Å². The van der Waals surface area contributed by atoms with Crippen LogP contribution in [0.1, 0.15) is 25.3 Å². The van der Waals surface area contributed by atoms with Gasteiger partial charge in [-0.25, -0.2) is 0 Å². The second-order valence-corrected chi connectivity index (χ2v) is 7.01. The SMILES string of the molecule is CC1C2CC(Cc3ccccc3)CC=C2C(C#N)=C(N)C1(C#N)C#N. The smallest absolute Gasteiger partial charge is 0.187 e. The third-order valence-electron chi connectivity index (χ3n) is 5.76. The van der Waals surface area contributed by atoms with Crippen molar-refractivity contribution in [3.63, 3.8) is 0 Å². The van der Waals surface area contributed by atoms with E-state index >= 15 is 0 Å². The lowest BCUT2D eigenvalue weighted by Gasteiger charge is -2.43. The molecule has 1 aromatic carbocycles. The fourth-order valence-electron chi connectivity index (χ4n) is 4.28. The summed E-state index contributed by atoms with van der Waals surface area (Å²) in [5.74, 6) is 0.223. The number of hydrogen-bond donors (Lipinski definition) is 1. The van der Waals surface area contributed by atoms with Crippen molar-refractivity contribution in [2.45, 2.75) is 26.2 Å². The Kier molecular flexibility index (Phi) is 4.35. The van der Waals surface area contributed by atoms with Gasteiger partial charge >= 0.3 is 0 Å². The number of hydrogen-bond acceptors (Lipinski definition) is 4. The van der Waals surface area contributed by atoms with Crippen LogP contribution in [0, 0.1) is 57.2 Å². The third kappa shape index (κ3) is 2.59. The summed E-state index contributed by atoms with van der Waals surface area (Å²) >= 11 is 0. The maximum Gasteiger partial charge on any atom is 0.187 e. The Bertz CT molecular complexity index is 844. The Hall–Kier alpha value is -3.03. The van der Waals surface area contributed by atoms with Gasteiger partial charge in [-0.15, -0.1) is 0 Å². The fourth-order valence-corrected chi connectivity index (χ4v) is 4.28. The molecule has 0 saturated heterocycles. The van der Waals surface area contributed by atoms with Gasteiger partial charge in [-0.3, -0.25) is 0 Å². The van der Waals surface area contributed by atoms with E-state index in [1.54, 1.807) is 0 Å². The first-order chi connectivity index (χ1) is 12.1. The highest BCUT2D eigenvalue weighted by molar-refractivity contribution is 5.56. The minimum Gasteiger partial charge on any atom is -0.399 e. The summed E-state index contributed by atoms with van der Waals surface area (Å²) in [6, 6.07) is 16.7. The number of benzene rings is 1. The minimum atomic E-state index is -1.41. The fraction of sp³-hybridized carbons (Fsp3) is 0.381. The average molecular weight is 328 g/mol. The standard InChI is InChI=1S/C21H20N4/c1-14-18-10-16(9-15-5-3-2-4-6-15)7-8-17(18)19(11-22)20(25)21(14,12-23)13-24/h2-6,8,14,16,18H,7,9-10,25H2,1H3. The van der Waals surface area contributed by atoms with E-state index in [2.05, 4.69) is 36.4 Å². The van der Waals surface area contributed by atoms with Crippen LogP contribution >= 0.6 is 0 Å². The van der Waals surface area contributed by atoms with Crippen molar-refractivity contribution in [2.24, 2.45) is 28.9 Å². The molecule has 2 N–H and O–H groups in total. The van der Waals surface area contributed by atoms with Crippen LogP contribution in [0.4, 0.5) is 0 Å². The van der Waals surface area contributed by atoms with Crippen LogP contribution in [-0.2, 0) is 6.42 Å². The first-order valence-electron chi connectivity index (χ1n) is 8.54. The summed E-state index contributed by atoms with van der Waals surface area (Å²) in [5.41, 5.74) is 7.38. The molecule has 0 saturated carbocycles. The number of rotatable bonds is 2. The van der Waals surface area contributed by atoms with E-state index in [0.717, 1.165) is 24.8 Å². The van der Waals surface area contributed by atoms with Crippen molar-refractivity contribution >= 4 is 0 Å². The lowest BCUT2D eigenvalue weighted by Crippen LogP contribution is -2.43. The van der Waals surface area contributed by atoms with Crippen LogP contribution in [0.3, 0.4) is 0 Å². The molecule has 4 heteroatoms. The van der Waals surface area contributed by atoms with E-state index < -0.39 is 5.41 Å². The molecule has 0 aromatic heterocycles. The Morgan fingerprint density at radius 2 is 1.84 bits per heavy atom. The van der Waals surface area contributed by atoms with Crippen LogP contribution in [0.5, 0.6) is 0 Å². The number of nitrogens with zero attached hydrogens (tertiary/aromatic N) is 3. The Morgan fingerprint density at radius 1 is 1.16 bits per heavy atom. The first-order valence-corrected chi connectivity index (χ1v) is 8.54. The summed E-state index contributed by atoms with van der Waals surface area (Å²) in [7, 11) is 0. The van der Waals surface area contributed by atoms with Gasteiger partial charge in [-0.05, 0) is 42.2 Å². The number of nitrogens with two attached hydrogens (primary N) is 1. The highest BCUT2D eigenvalue weighted by atomic mass is 14.7. The molecule has 0 fully saturated rings. The number of allylic oxidation sites excluding steroid dienone is 4. The molecular weight excluding hydrogens is 308 g/mol. The van der Waals surface area contributed by atoms with Crippen LogP contribution in [0.15, 0.2) is 53.3 Å². The molecule has 0 spiro atoms. The van der Waals surface area contributed by atoms with Crippen LogP contribution in [-0.4, -0.2) is 0 Å². The minimum absolute atomic E-state index is 0.0173. The normalized spacial score (nSPS) is 27.3. The molecule has 3 unspecified atom stereocenters. The molecule has 1 aromatic rings. The molecule has 0 heterocycles. The molecule has 25 heavy (non-hydrogen) atoms. The molecule has 0 amide bonds. The molecule has 0 bridgehead atoms. The van der Waals surface area contributed by atoms with E-state index in [4.69, 9.17) is 5.73 Å². The topological polar surface area (TPSA) is 97.4 Å². The molecule has 2 aliphatic rings. The number of fused-ring (bicyclic) bond motifs is 1. The molecule has 0 aliphatic heterocycles. The summed E-state index contributed by atoms with van der Waals surface area (Å²) < 4.78 is 0.